The molecule has 0 aliphatic heterocycles. The van der Waals surface area contributed by atoms with E-state index >= 15 is 0 Å². The first kappa shape index (κ1) is 20.2. The molecule has 0 aliphatic rings. The zero-order chi connectivity index (χ0) is 20.3. The molecule has 8 heteroatoms. The molecule has 3 aromatic rings. The van der Waals surface area contributed by atoms with E-state index in [1.165, 1.54) is 0 Å². The zero-order valence-electron chi connectivity index (χ0n) is 15.9. The van der Waals surface area contributed by atoms with Crippen LogP contribution in [0.1, 0.15) is 11.4 Å². The molecule has 3 rings (SSSR count). The fourth-order valence-electron chi connectivity index (χ4n) is 2.86. The zero-order valence-corrected chi connectivity index (χ0v) is 17.6. The largest absolute Gasteiger partial charge is 0.496 e. The number of nitrogens with two attached hydrogens (primary N) is 1. The normalized spacial score (nSPS) is 11.3. The van der Waals surface area contributed by atoms with Gasteiger partial charge in [-0.15, -0.1) is 0 Å². The van der Waals surface area contributed by atoms with Gasteiger partial charge in [0.05, 0.1) is 19.0 Å². The van der Waals surface area contributed by atoms with Gasteiger partial charge in [-0.3, -0.25) is 0 Å². The number of methoxy groups -OCH3 is 1. The SMILES string of the molecule is COc1ccc(N)cc1Cc1ncc(Cl)c(Nc2ccccc2P(C)(C)=O)n1. The van der Waals surface area contributed by atoms with Crippen LogP contribution in [0.25, 0.3) is 0 Å². The Morgan fingerprint density at radius 2 is 1.96 bits per heavy atom. The number of anilines is 3. The molecule has 0 amide bonds. The van der Waals surface area contributed by atoms with Crippen LogP contribution in [-0.2, 0) is 11.0 Å². The molecule has 0 radical (unpaired) electrons. The molecule has 0 saturated heterocycles. The molecule has 1 heterocycles. The van der Waals surface area contributed by atoms with E-state index in [-0.39, 0.29) is 0 Å². The highest BCUT2D eigenvalue weighted by Crippen LogP contribution is 2.38. The van der Waals surface area contributed by atoms with Crippen molar-refractivity contribution in [1.29, 1.82) is 0 Å². The van der Waals surface area contributed by atoms with Crippen LogP contribution >= 0.6 is 18.7 Å². The maximum absolute atomic E-state index is 12.6. The summed E-state index contributed by atoms with van der Waals surface area (Å²) in [6.07, 6.45) is 1.98. The Hall–Kier alpha value is -2.56. The van der Waals surface area contributed by atoms with Crippen molar-refractivity contribution in [3.63, 3.8) is 0 Å². The minimum atomic E-state index is -2.47. The summed E-state index contributed by atoms with van der Waals surface area (Å²) < 4.78 is 18.0. The molecule has 0 unspecified atom stereocenters. The quantitative estimate of drug-likeness (QED) is 0.460. The molecular weight excluding hydrogens is 395 g/mol. The second-order valence-corrected chi connectivity index (χ2v) is 10.3. The standard InChI is InChI=1S/C20H22ClN4O2P/c1-27-17-9-8-14(22)10-13(17)11-19-23-12-15(21)20(25-19)24-16-6-4-5-7-18(16)28(2,3)26/h4-10,12H,11,22H2,1-3H3,(H,23,24,25). The second kappa shape index (κ2) is 8.21. The van der Waals surface area contributed by atoms with Gasteiger partial charge in [0, 0.05) is 23.0 Å². The van der Waals surface area contributed by atoms with E-state index in [0.717, 1.165) is 10.9 Å². The topological polar surface area (TPSA) is 90.1 Å². The van der Waals surface area contributed by atoms with Gasteiger partial charge in [0.2, 0.25) is 0 Å². The van der Waals surface area contributed by atoms with Crippen LogP contribution in [0, 0.1) is 0 Å². The van der Waals surface area contributed by atoms with Crippen LogP contribution in [0.5, 0.6) is 5.75 Å². The molecule has 146 valence electrons. The van der Waals surface area contributed by atoms with Gasteiger partial charge < -0.3 is 20.4 Å². The molecule has 0 saturated carbocycles. The number of nitrogens with zero attached hydrogens (tertiary/aromatic N) is 2. The maximum atomic E-state index is 12.6. The second-order valence-electron chi connectivity index (χ2n) is 6.72. The number of hydrogen-bond acceptors (Lipinski definition) is 6. The van der Waals surface area contributed by atoms with Gasteiger partial charge in [-0.25, -0.2) is 9.97 Å². The summed E-state index contributed by atoms with van der Waals surface area (Å²) in [5.41, 5.74) is 8.12. The van der Waals surface area contributed by atoms with E-state index in [1.54, 1.807) is 32.7 Å². The smallest absolute Gasteiger partial charge is 0.153 e. The fourth-order valence-corrected chi connectivity index (χ4v) is 4.15. The van der Waals surface area contributed by atoms with Gasteiger partial charge in [0.15, 0.2) is 5.82 Å². The van der Waals surface area contributed by atoms with E-state index < -0.39 is 7.14 Å². The lowest BCUT2D eigenvalue weighted by atomic mass is 10.1. The van der Waals surface area contributed by atoms with Crippen molar-refractivity contribution in [3.8, 4) is 5.75 Å². The number of para-hydroxylation sites is 1. The van der Waals surface area contributed by atoms with Crippen molar-refractivity contribution in [2.75, 3.05) is 31.5 Å². The minimum Gasteiger partial charge on any atom is -0.496 e. The fraction of sp³-hybridized carbons (Fsp3) is 0.200. The number of aromatic nitrogens is 2. The Kier molecular flexibility index (Phi) is 5.92. The van der Waals surface area contributed by atoms with Crippen LogP contribution in [0.3, 0.4) is 0 Å². The molecule has 2 aromatic carbocycles. The third-order valence-electron chi connectivity index (χ3n) is 4.18. The Labute approximate surface area is 169 Å². The summed E-state index contributed by atoms with van der Waals surface area (Å²) in [5.74, 6) is 1.73. The molecule has 0 spiro atoms. The molecule has 3 N–H and O–H groups in total. The molecule has 0 fully saturated rings. The summed E-state index contributed by atoms with van der Waals surface area (Å²) in [5, 5.41) is 4.32. The van der Waals surface area contributed by atoms with Gasteiger partial charge in [-0.05, 0) is 43.7 Å². The summed E-state index contributed by atoms with van der Waals surface area (Å²) in [6.45, 7) is 3.46. The summed E-state index contributed by atoms with van der Waals surface area (Å²) in [7, 11) is -0.863. The van der Waals surface area contributed by atoms with E-state index in [9.17, 15) is 4.57 Å². The van der Waals surface area contributed by atoms with E-state index in [2.05, 4.69) is 15.3 Å². The van der Waals surface area contributed by atoms with E-state index in [1.807, 2.05) is 36.4 Å². The maximum Gasteiger partial charge on any atom is 0.153 e. The van der Waals surface area contributed by atoms with Crippen molar-refractivity contribution >= 4 is 41.2 Å². The average Bonchev–Trinajstić information content (AvgIpc) is 2.64. The van der Waals surface area contributed by atoms with Crippen LogP contribution in [-0.4, -0.2) is 30.4 Å². The number of ether oxygens (including phenoxy) is 1. The van der Waals surface area contributed by atoms with Gasteiger partial charge in [-0.1, -0.05) is 23.7 Å². The Morgan fingerprint density at radius 3 is 2.68 bits per heavy atom. The molecular formula is C20H22ClN4O2P. The molecule has 28 heavy (non-hydrogen) atoms. The third kappa shape index (κ3) is 4.64. The van der Waals surface area contributed by atoms with Crippen LogP contribution in [0.15, 0.2) is 48.7 Å². The van der Waals surface area contributed by atoms with Crippen molar-refractivity contribution in [2.24, 2.45) is 0 Å². The first-order valence-electron chi connectivity index (χ1n) is 8.63. The Bertz CT molecular complexity index is 1050. The van der Waals surface area contributed by atoms with Gasteiger partial charge in [0.1, 0.15) is 23.7 Å². The number of halogens is 1. The monoisotopic (exact) mass is 416 g/mol. The Balaban J connectivity index is 1.94. The molecule has 1 aromatic heterocycles. The lowest BCUT2D eigenvalue weighted by Gasteiger charge is -2.16. The van der Waals surface area contributed by atoms with Crippen molar-refractivity contribution in [3.05, 3.63) is 65.1 Å². The molecule has 0 bridgehead atoms. The Morgan fingerprint density at radius 1 is 1.21 bits per heavy atom. The summed E-state index contributed by atoms with van der Waals surface area (Å²) in [6, 6.07) is 12.9. The van der Waals surface area contributed by atoms with Crippen molar-refractivity contribution < 1.29 is 9.30 Å². The first-order chi connectivity index (χ1) is 13.3. The lowest BCUT2D eigenvalue weighted by Crippen LogP contribution is -2.11. The third-order valence-corrected chi connectivity index (χ3v) is 6.01. The highest BCUT2D eigenvalue weighted by molar-refractivity contribution is 7.70. The predicted molar refractivity (Wildman–Crippen MR) is 116 cm³/mol. The lowest BCUT2D eigenvalue weighted by molar-refractivity contribution is 0.410. The van der Waals surface area contributed by atoms with Gasteiger partial charge >= 0.3 is 0 Å². The molecule has 0 atom stereocenters. The van der Waals surface area contributed by atoms with Crippen molar-refractivity contribution in [1.82, 2.24) is 9.97 Å². The predicted octanol–water partition coefficient (Wildman–Crippen LogP) is 4.30. The number of benzene rings is 2. The number of hydrogen-bond donors (Lipinski definition) is 2. The summed E-state index contributed by atoms with van der Waals surface area (Å²) >= 11 is 6.30. The van der Waals surface area contributed by atoms with Crippen LogP contribution < -0.4 is 21.1 Å². The van der Waals surface area contributed by atoms with Gasteiger partial charge in [-0.2, -0.15) is 0 Å². The average molecular weight is 417 g/mol. The summed E-state index contributed by atoms with van der Waals surface area (Å²) in [4.78, 5) is 8.87. The number of nitrogen functional groups attached to an aromatic ring is 1. The van der Waals surface area contributed by atoms with E-state index in [4.69, 9.17) is 22.1 Å². The van der Waals surface area contributed by atoms with E-state index in [0.29, 0.717) is 40.2 Å². The first-order valence-corrected chi connectivity index (χ1v) is 11.6. The van der Waals surface area contributed by atoms with Gasteiger partial charge in [0.25, 0.3) is 0 Å². The highest BCUT2D eigenvalue weighted by Gasteiger charge is 2.17. The van der Waals surface area contributed by atoms with Crippen molar-refractivity contribution in [2.45, 2.75) is 6.42 Å². The molecule has 6 nitrogen and oxygen atoms in total. The number of nitrogens with one attached hydrogen (secondary N) is 1. The molecule has 0 aliphatic carbocycles. The highest BCUT2D eigenvalue weighted by atomic mass is 35.5. The van der Waals surface area contributed by atoms with Crippen LogP contribution in [0.4, 0.5) is 17.2 Å². The van der Waals surface area contributed by atoms with Crippen LogP contribution in [0.2, 0.25) is 5.02 Å². The number of rotatable bonds is 6. The minimum absolute atomic E-state index is 0.375.